The zero-order chi connectivity index (χ0) is 14.8. The molecule has 2 heterocycles. The maximum absolute atomic E-state index is 12.3. The molecule has 112 valence electrons. The van der Waals surface area contributed by atoms with E-state index in [1.165, 1.54) is 10.9 Å². The average Bonchev–Trinajstić information content (AvgIpc) is 2.91. The Morgan fingerprint density at radius 3 is 3.10 bits per heavy atom. The number of carbonyl (C=O) groups excluding carboxylic acids is 1. The number of hydrogen-bond donors (Lipinski definition) is 2. The molecule has 0 radical (unpaired) electrons. The molecule has 2 unspecified atom stereocenters. The molecule has 8 heteroatoms. The molecule has 3 rings (SSSR count). The lowest BCUT2D eigenvalue weighted by Crippen LogP contribution is -2.45. The van der Waals surface area contributed by atoms with Crippen molar-refractivity contribution in [3.8, 4) is 0 Å². The van der Waals surface area contributed by atoms with E-state index in [1.807, 2.05) is 0 Å². The van der Waals surface area contributed by atoms with Crippen LogP contribution in [0.5, 0.6) is 0 Å². The van der Waals surface area contributed by atoms with E-state index in [0.29, 0.717) is 18.2 Å². The SMILES string of the molecule is NCC1CCCCC1NC(=O)c1nc2ncc(Br)cn2n1. The third-order valence-corrected chi connectivity index (χ3v) is 4.30. The highest BCUT2D eigenvalue weighted by molar-refractivity contribution is 9.10. The minimum atomic E-state index is -0.262. The Morgan fingerprint density at radius 1 is 1.48 bits per heavy atom. The van der Waals surface area contributed by atoms with E-state index in [1.54, 1.807) is 12.4 Å². The molecular formula is C13H17BrN6O. The smallest absolute Gasteiger partial charge is 0.291 e. The second-order valence-corrected chi connectivity index (χ2v) is 6.23. The fourth-order valence-corrected chi connectivity index (χ4v) is 3.06. The zero-order valence-corrected chi connectivity index (χ0v) is 13.1. The number of rotatable bonds is 3. The van der Waals surface area contributed by atoms with Gasteiger partial charge in [0.1, 0.15) is 0 Å². The van der Waals surface area contributed by atoms with Gasteiger partial charge in [-0.3, -0.25) is 4.79 Å². The Labute approximate surface area is 130 Å². The first kappa shape index (κ1) is 14.4. The normalized spacial score (nSPS) is 22.4. The summed E-state index contributed by atoms with van der Waals surface area (Å²) in [6.07, 6.45) is 7.67. The fraction of sp³-hybridized carbons (Fsp3) is 0.538. The summed E-state index contributed by atoms with van der Waals surface area (Å²) in [5.41, 5.74) is 5.78. The predicted molar refractivity (Wildman–Crippen MR) is 80.7 cm³/mol. The first-order valence-corrected chi connectivity index (χ1v) is 7.85. The van der Waals surface area contributed by atoms with Gasteiger partial charge in [-0.25, -0.2) is 9.50 Å². The molecule has 2 atom stereocenters. The number of nitrogens with two attached hydrogens (primary N) is 1. The molecule has 0 aliphatic heterocycles. The van der Waals surface area contributed by atoms with Crippen LogP contribution in [-0.4, -0.2) is 38.1 Å². The van der Waals surface area contributed by atoms with E-state index in [4.69, 9.17) is 5.73 Å². The van der Waals surface area contributed by atoms with Gasteiger partial charge in [0.25, 0.3) is 11.7 Å². The standard InChI is InChI=1S/C13H17BrN6O/c14-9-6-16-13-18-11(19-20(13)7-9)12(21)17-10-4-2-1-3-8(10)5-15/h6-8,10H,1-5,15H2,(H,17,21). The van der Waals surface area contributed by atoms with Gasteiger partial charge >= 0.3 is 0 Å². The van der Waals surface area contributed by atoms with E-state index < -0.39 is 0 Å². The number of aromatic nitrogens is 4. The van der Waals surface area contributed by atoms with Crippen molar-refractivity contribution < 1.29 is 4.79 Å². The van der Waals surface area contributed by atoms with Gasteiger partial charge in [0, 0.05) is 18.4 Å². The highest BCUT2D eigenvalue weighted by Gasteiger charge is 2.27. The molecule has 7 nitrogen and oxygen atoms in total. The molecule has 2 aromatic rings. The van der Waals surface area contributed by atoms with Crippen molar-refractivity contribution in [3.05, 3.63) is 22.7 Å². The van der Waals surface area contributed by atoms with E-state index in [-0.39, 0.29) is 17.8 Å². The second-order valence-electron chi connectivity index (χ2n) is 5.31. The molecule has 0 spiro atoms. The summed E-state index contributed by atoms with van der Waals surface area (Å²) < 4.78 is 2.27. The molecule has 1 aliphatic rings. The third kappa shape index (κ3) is 3.06. The molecule has 3 N–H and O–H groups in total. The summed E-state index contributed by atoms with van der Waals surface area (Å²) in [7, 11) is 0. The van der Waals surface area contributed by atoms with Gasteiger partial charge in [-0.15, -0.1) is 5.10 Å². The van der Waals surface area contributed by atoms with Crippen LogP contribution in [0.15, 0.2) is 16.9 Å². The number of nitrogens with one attached hydrogen (secondary N) is 1. The monoisotopic (exact) mass is 352 g/mol. The molecule has 0 saturated heterocycles. The highest BCUT2D eigenvalue weighted by Crippen LogP contribution is 2.23. The minimum Gasteiger partial charge on any atom is -0.346 e. The van der Waals surface area contributed by atoms with Gasteiger partial charge in [-0.05, 0) is 41.2 Å². The van der Waals surface area contributed by atoms with Crippen LogP contribution in [0.3, 0.4) is 0 Å². The number of carbonyl (C=O) groups is 1. The first-order valence-electron chi connectivity index (χ1n) is 7.06. The van der Waals surface area contributed by atoms with Crippen molar-refractivity contribution in [2.75, 3.05) is 6.54 Å². The zero-order valence-electron chi connectivity index (χ0n) is 11.5. The van der Waals surface area contributed by atoms with Crippen LogP contribution in [0.25, 0.3) is 5.78 Å². The summed E-state index contributed by atoms with van der Waals surface area (Å²) in [6.45, 7) is 0.595. The average molecular weight is 353 g/mol. The van der Waals surface area contributed by atoms with Crippen molar-refractivity contribution in [2.45, 2.75) is 31.7 Å². The second kappa shape index (κ2) is 6.07. The van der Waals surface area contributed by atoms with Gasteiger partial charge < -0.3 is 11.1 Å². The Kier molecular flexibility index (Phi) is 4.16. The summed E-state index contributed by atoms with van der Waals surface area (Å²) >= 11 is 3.31. The number of hydrogen-bond acceptors (Lipinski definition) is 5. The molecule has 1 fully saturated rings. The molecule has 0 aromatic carbocycles. The lowest BCUT2D eigenvalue weighted by Gasteiger charge is -2.30. The molecule has 1 aliphatic carbocycles. The number of amides is 1. The topological polar surface area (TPSA) is 98.2 Å². The summed E-state index contributed by atoms with van der Waals surface area (Å²) in [5, 5.41) is 7.17. The van der Waals surface area contributed by atoms with Crippen LogP contribution >= 0.6 is 15.9 Å². The van der Waals surface area contributed by atoms with Gasteiger partial charge in [-0.2, -0.15) is 4.98 Å². The van der Waals surface area contributed by atoms with E-state index in [9.17, 15) is 4.79 Å². The van der Waals surface area contributed by atoms with E-state index in [2.05, 4.69) is 36.3 Å². The Balaban J connectivity index is 1.77. The number of nitrogens with zero attached hydrogens (tertiary/aromatic N) is 4. The van der Waals surface area contributed by atoms with Gasteiger partial charge in [0.2, 0.25) is 5.82 Å². The van der Waals surface area contributed by atoms with Gasteiger partial charge in [-0.1, -0.05) is 12.8 Å². The summed E-state index contributed by atoms with van der Waals surface area (Å²) in [6, 6.07) is 0.113. The van der Waals surface area contributed by atoms with Crippen LogP contribution in [0.2, 0.25) is 0 Å². The van der Waals surface area contributed by atoms with Crippen LogP contribution in [0.1, 0.15) is 36.3 Å². The fourth-order valence-electron chi connectivity index (χ4n) is 2.77. The van der Waals surface area contributed by atoms with Gasteiger partial charge in [0.15, 0.2) is 0 Å². The number of halogens is 1. The van der Waals surface area contributed by atoms with Crippen molar-refractivity contribution in [2.24, 2.45) is 11.7 Å². The molecule has 1 saturated carbocycles. The molecule has 2 aromatic heterocycles. The van der Waals surface area contributed by atoms with Crippen molar-refractivity contribution in [3.63, 3.8) is 0 Å². The summed E-state index contributed by atoms with van der Waals surface area (Å²) in [5.74, 6) is 0.623. The first-order chi connectivity index (χ1) is 10.2. The maximum Gasteiger partial charge on any atom is 0.291 e. The lowest BCUT2D eigenvalue weighted by molar-refractivity contribution is 0.0897. The van der Waals surface area contributed by atoms with Gasteiger partial charge in [0.05, 0.1) is 4.47 Å². The predicted octanol–water partition coefficient (Wildman–Crippen LogP) is 1.13. The number of fused-ring (bicyclic) bond motifs is 1. The van der Waals surface area contributed by atoms with Crippen LogP contribution in [0, 0.1) is 5.92 Å². The minimum absolute atomic E-state index is 0.113. The lowest BCUT2D eigenvalue weighted by atomic mass is 9.84. The Hall–Kier alpha value is -1.54. The molecule has 0 bridgehead atoms. The Bertz CT molecular complexity index is 657. The van der Waals surface area contributed by atoms with Crippen molar-refractivity contribution >= 4 is 27.6 Å². The van der Waals surface area contributed by atoms with Crippen LogP contribution < -0.4 is 11.1 Å². The molecule has 1 amide bonds. The molecular weight excluding hydrogens is 336 g/mol. The Morgan fingerprint density at radius 2 is 2.29 bits per heavy atom. The quantitative estimate of drug-likeness (QED) is 0.862. The highest BCUT2D eigenvalue weighted by atomic mass is 79.9. The van der Waals surface area contributed by atoms with Crippen LogP contribution in [0.4, 0.5) is 0 Å². The third-order valence-electron chi connectivity index (χ3n) is 3.89. The maximum atomic E-state index is 12.3. The summed E-state index contributed by atoms with van der Waals surface area (Å²) in [4.78, 5) is 20.6. The largest absolute Gasteiger partial charge is 0.346 e. The molecule has 21 heavy (non-hydrogen) atoms. The van der Waals surface area contributed by atoms with E-state index in [0.717, 1.165) is 23.7 Å². The van der Waals surface area contributed by atoms with Crippen molar-refractivity contribution in [1.29, 1.82) is 0 Å². The van der Waals surface area contributed by atoms with E-state index >= 15 is 0 Å². The van der Waals surface area contributed by atoms with Crippen molar-refractivity contribution in [1.82, 2.24) is 24.9 Å². The van der Waals surface area contributed by atoms with Crippen LogP contribution in [-0.2, 0) is 0 Å².